The van der Waals surface area contributed by atoms with Crippen molar-refractivity contribution in [3.63, 3.8) is 0 Å². The second kappa shape index (κ2) is 7.00. The van der Waals surface area contributed by atoms with E-state index in [9.17, 15) is 18.0 Å². The van der Waals surface area contributed by atoms with Crippen LogP contribution in [0.4, 0.5) is 35.0 Å². The number of hydrogen-bond acceptors (Lipinski definition) is 2. The molecule has 0 saturated carbocycles. The number of anilines is 3. The molecule has 0 bridgehead atoms. The molecule has 8 heteroatoms. The molecule has 0 radical (unpaired) electrons. The summed E-state index contributed by atoms with van der Waals surface area (Å²) in [6, 6.07) is 9.24. The Hall–Kier alpha value is -2.41. The first-order valence-electron chi connectivity index (χ1n) is 6.89. The van der Waals surface area contributed by atoms with Gasteiger partial charge >= 0.3 is 12.2 Å². The third-order valence-corrected chi connectivity index (χ3v) is 3.41. The van der Waals surface area contributed by atoms with Crippen LogP contribution in [-0.2, 0) is 6.18 Å². The minimum absolute atomic E-state index is 0.0624. The Morgan fingerprint density at radius 2 is 1.67 bits per heavy atom. The van der Waals surface area contributed by atoms with Crippen molar-refractivity contribution in [2.45, 2.75) is 6.18 Å². The predicted molar refractivity (Wildman–Crippen MR) is 89.9 cm³/mol. The lowest BCUT2D eigenvalue weighted by Crippen LogP contribution is -2.22. The topological polar surface area (TPSA) is 44.4 Å². The Balaban J connectivity index is 2.13. The molecule has 0 aliphatic carbocycles. The number of urea groups is 1. The molecule has 0 aromatic heterocycles. The zero-order valence-electron chi connectivity index (χ0n) is 12.9. The molecular weight excluding hydrogens is 343 g/mol. The van der Waals surface area contributed by atoms with E-state index in [1.54, 1.807) is 24.3 Å². The van der Waals surface area contributed by atoms with E-state index in [1.165, 1.54) is 6.07 Å². The Morgan fingerprint density at radius 1 is 1.04 bits per heavy atom. The van der Waals surface area contributed by atoms with E-state index < -0.39 is 17.8 Å². The second-order valence-corrected chi connectivity index (χ2v) is 5.64. The lowest BCUT2D eigenvalue weighted by atomic mass is 10.1. The van der Waals surface area contributed by atoms with Crippen molar-refractivity contribution in [2.24, 2.45) is 0 Å². The fraction of sp³-hybridized carbons (Fsp3) is 0.188. The highest BCUT2D eigenvalue weighted by Gasteiger charge is 2.34. The zero-order valence-corrected chi connectivity index (χ0v) is 13.7. The van der Waals surface area contributed by atoms with Gasteiger partial charge in [-0.1, -0.05) is 11.6 Å². The van der Waals surface area contributed by atoms with E-state index >= 15 is 0 Å². The molecule has 0 aliphatic heterocycles. The molecule has 4 nitrogen and oxygen atoms in total. The molecule has 0 saturated heterocycles. The Labute approximate surface area is 142 Å². The third kappa shape index (κ3) is 4.55. The minimum Gasteiger partial charge on any atom is -0.378 e. The molecule has 0 fully saturated rings. The van der Waals surface area contributed by atoms with Crippen LogP contribution in [0.3, 0.4) is 0 Å². The first-order valence-corrected chi connectivity index (χ1v) is 7.27. The number of halogens is 4. The summed E-state index contributed by atoms with van der Waals surface area (Å²) in [5.74, 6) is 0. The minimum atomic E-state index is -4.62. The summed E-state index contributed by atoms with van der Waals surface area (Å²) in [5, 5.41) is 4.61. The fourth-order valence-electron chi connectivity index (χ4n) is 1.99. The van der Waals surface area contributed by atoms with Crippen molar-refractivity contribution in [1.82, 2.24) is 0 Å². The lowest BCUT2D eigenvalue weighted by molar-refractivity contribution is -0.136. The summed E-state index contributed by atoms with van der Waals surface area (Å²) >= 11 is 5.60. The van der Waals surface area contributed by atoms with Gasteiger partial charge in [-0.15, -0.1) is 0 Å². The van der Waals surface area contributed by atoms with Gasteiger partial charge in [-0.05, 0) is 42.5 Å². The Kier molecular flexibility index (Phi) is 5.23. The maximum Gasteiger partial charge on any atom is 0.418 e. The monoisotopic (exact) mass is 357 g/mol. The van der Waals surface area contributed by atoms with E-state index in [0.29, 0.717) is 5.69 Å². The highest BCUT2D eigenvalue weighted by molar-refractivity contribution is 6.30. The number of benzene rings is 2. The average molecular weight is 358 g/mol. The number of rotatable bonds is 3. The molecule has 2 aromatic carbocycles. The number of nitrogens with zero attached hydrogens (tertiary/aromatic N) is 1. The molecule has 2 aromatic rings. The van der Waals surface area contributed by atoms with Crippen LogP contribution in [-0.4, -0.2) is 20.1 Å². The van der Waals surface area contributed by atoms with E-state index in [4.69, 9.17) is 11.6 Å². The quantitative estimate of drug-likeness (QED) is 0.805. The maximum atomic E-state index is 13.0. The SMILES string of the molecule is CN(C)c1ccc(NC(=O)Nc2ccc(Cl)cc2C(F)(F)F)cc1. The summed E-state index contributed by atoms with van der Waals surface area (Å²) in [6.07, 6.45) is -4.62. The van der Waals surface area contributed by atoms with Gasteiger partial charge < -0.3 is 15.5 Å². The molecule has 2 amide bonds. The lowest BCUT2D eigenvalue weighted by Gasteiger charge is -2.15. The third-order valence-electron chi connectivity index (χ3n) is 3.18. The number of carbonyl (C=O) groups is 1. The molecule has 24 heavy (non-hydrogen) atoms. The molecule has 0 heterocycles. The van der Waals surface area contributed by atoms with Gasteiger partial charge in [-0.2, -0.15) is 13.2 Å². The predicted octanol–water partition coefficient (Wildman–Crippen LogP) is 5.07. The Morgan fingerprint density at radius 3 is 2.21 bits per heavy atom. The van der Waals surface area contributed by atoms with Gasteiger partial charge in [0, 0.05) is 30.5 Å². The molecule has 128 valence electrons. The highest BCUT2D eigenvalue weighted by Crippen LogP contribution is 2.36. The standard InChI is InChI=1S/C16H15ClF3N3O/c1-23(2)12-6-4-11(5-7-12)21-15(24)22-14-8-3-10(17)9-13(14)16(18,19)20/h3-9H,1-2H3,(H2,21,22,24). The summed E-state index contributed by atoms with van der Waals surface area (Å²) in [5.41, 5.74) is 0.0149. The number of nitrogens with one attached hydrogen (secondary N) is 2. The molecule has 0 spiro atoms. The maximum absolute atomic E-state index is 13.0. The van der Waals surface area contributed by atoms with Gasteiger partial charge in [0.05, 0.1) is 11.3 Å². The van der Waals surface area contributed by atoms with Gasteiger partial charge in [0.25, 0.3) is 0 Å². The van der Waals surface area contributed by atoms with Crippen molar-refractivity contribution in [3.8, 4) is 0 Å². The zero-order chi connectivity index (χ0) is 17.9. The van der Waals surface area contributed by atoms with Crippen molar-refractivity contribution >= 4 is 34.7 Å². The first-order chi connectivity index (χ1) is 11.2. The van der Waals surface area contributed by atoms with E-state index in [2.05, 4.69) is 10.6 Å². The van der Waals surface area contributed by atoms with Gasteiger partial charge in [0.2, 0.25) is 0 Å². The summed E-state index contributed by atoms with van der Waals surface area (Å²) < 4.78 is 39.0. The van der Waals surface area contributed by atoms with Crippen LogP contribution in [0.25, 0.3) is 0 Å². The van der Waals surface area contributed by atoms with Crippen LogP contribution in [0.15, 0.2) is 42.5 Å². The smallest absolute Gasteiger partial charge is 0.378 e. The summed E-state index contributed by atoms with van der Waals surface area (Å²) in [6.45, 7) is 0. The van der Waals surface area contributed by atoms with Crippen LogP contribution in [0, 0.1) is 0 Å². The summed E-state index contributed by atoms with van der Waals surface area (Å²) in [4.78, 5) is 13.8. The van der Waals surface area contributed by atoms with E-state index in [-0.39, 0.29) is 10.7 Å². The molecule has 0 unspecified atom stereocenters. The largest absolute Gasteiger partial charge is 0.418 e. The van der Waals surface area contributed by atoms with Crippen molar-refractivity contribution in [2.75, 3.05) is 29.6 Å². The van der Waals surface area contributed by atoms with Gasteiger partial charge in [-0.3, -0.25) is 0 Å². The van der Waals surface area contributed by atoms with Gasteiger partial charge in [0.15, 0.2) is 0 Å². The van der Waals surface area contributed by atoms with Gasteiger partial charge in [-0.25, -0.2) is 4.79 Å². The van der Waals surface area contributed by atoms with Crippen molar-refractivity contribution in [1.29, 1.82) is 0 Å². The number of amides is 2. The summed E-state index contributed by atoms with van der Waals surface area (Å²) in [7, 11) is 3.74. The van der Waals surface area contributed by atoms with Crippen LogP contribution >= 0.6 is 11.6 Å². The molecule has 2 N–H and O–H groups in total. The molecular formula is C16H15ClF3N3O. The first kappa shape index (κ1) is 17.9. The van der Waals surface area contributed by atoms with E-state index in [1.807, 2.05) is 19.0 Å². The van der Waals surface area contributed by atoms with Crippen molar-refractivity contribution < 1.29 is 18.0 Å². The van der Waals surface area contributed by atoms with Crippen LogP contribution < -0.4 is 15.5 Å². The molecule has 0 atom stereocenters. The van der Waals surface area contributed by atoms with E-state index in [0.717, 1.165) is 17.8 Å². The number of alkyl halides is 3. The van der Waals surface area contributed by atoms with Crippen molar-refractivity contribution in [3.05, 3.63) is 53.1 Å². The number of carbonyl (C=O) groups excluding carboxylic acids is 1. The molecule has 0 aliphatic rings. The van der Waals surface area contributed by atoms with Crippen LogP contribution in [0.2, 0.25) is 5.02 Å². The number of hydrogen-bond donors (Lipinski definition) is 2. The fourth-order valence-corrected chi connectivity index (χ4v) is 2.16. The van der Waals surface area contributed by atoms with Gasteiger partial charge in [0.1, 0.15) is 0 Å². The normalized spacial score (nSPS) is 11.1. The second-order valence-electron chi connectivity index (χ2n) is 5.21. The van der Waals surface area contributed by atoms with Crippen LogP contribution in [0.5, 0.6) is 0 Å². The highest BCUT2D eigenvalue weighted by atomic mass is 35.5. The average Bonchev–Trinajstić information content (AvgIpc) is 2.48. The molecule has 2 rings (SSSR count). The van der Waals surface area contributed by atoms with Crippen LogP contribution in [0.1, 0.15) is 5.56 Å². The Bertz CT molecular complexity index is 730.